The molecule has 0 amide bonds. The summed E-state index contributed by atoms with van der Waals surface area (Å²) in [4.78, 5) is 2.52. The van der Waals surface area contributed by atoms with E-state index in [9.17, 15) is 0 Å². The average Bonchev–Trinajstić information content (AvgIpc) is 2.66. The van der Waals surface area contributed by atoms with Crippen LogP contribution in [0.3, 0.4) is 0 Å². The number of nitrogens with zero attached hydrogens (tertiary/aromatic N) is 5. The molecule has 1 aliphatic heterocycles. The van der Waals surface area contributed by atoms with E-state index in [1.807, 2.05) is 11.7 Å². The number of hydrogen-bond acceptors (Lipinski definition) is 4. The Bertz CT molecular complexity index is 349. The van der Waals surface area contributed by atoms with Gasteiger partial charge in [-0.1, -0.05) is 6.92 Å². The smallest absolute Gasteiger partial charge is 0.156 e. The van der Waals surface area contributed by atoms with Gasteiger partial charge >= 0.3 is 0 Å². The fourth-order valence-corrected chi connectivity index (χ4v) is 2.50. The third kappa shape index (κ3) is 1.96. The maximum atomic E-state index is 4.16. The lowest BCUT2D eigenvalue weighted by Gasteiger charge is -2.39. The van der Waals surface area contributed by atoms with E-state index in [1.165, 1.54) is 0 Å². The van der Waals surface area contributed by atoms with Crippen molar-refractivity contribution in [3.63, 3.8) is 0 Å². The van der Waals surface area contributed by atoms with E-state index in [1.54, 1.807) is 0 Å². The quantitative estimate of drug-likeness (QED) is 0.749. The molecule has 0 aromatic carbocycles. The number of hydrogen-bond donors (Lipinski definition) is 0. The van der Waals surface area contributed by atoms with E-state index in [4.69, 9.17) is 0 Å². The summed E-state index contributed by atoms with van der Waals surface area (Å²) in [7, 11) is 1.93. The molecule has 1 aliphatic rings. The van der Waals surface area contributed by atoms with Crippen molar-refractivity contribution in [3.05, 3.63) is 5.82 Å². The Labute approximate surface area is 96.8 Å². The minimum absolute atomic E-state index is 0.143. The van der Waals surface area contributed by atoms with E-state index < -0.39 is 0 Å². The second-order valence-electron chi connectivity index (χ2n) is 5.32. The van der Waals surface area contributed by atoms with Crippen LogP contribution in [-0.4, -0.2) is 44.2 Å². The summed E-state index contributed by atoms with van der Waals surface area (Å²) in [6.45, 7) is 9.07. The maximum Gasteiger partial charge on any atom is 0.156 e. The molecule has 5 nitrogen and oxygen atoms in total. The summed E-state index contributed by atoms with van der Waals surface area (Å²) < 4.78 is 1.81. The highest BCUT2D eigenvalue weighted by molar-refractivity contribution is 5.06. The van der Waals surface area contributed by atoms with Crippen LogP contribution < -0.4 is 0 Å². The molecule has 5 heteroatoms. The van der Waals surface area contributed by atoms with Gasteiger partial charge in [0.25, 0.3) is 0 Å². The minimum atomic E-state index is 0.143. The molecule has 0 saturated carbocycles. The van der Waals surface area contributed by atoms with Crippen LogP contribution in [0, 0.1) is 0 Å². The van der Waals surface area contributed by atoms with Crippen LogP contribution in [0.25, 0.3) is 0 Å². The van der Waals surface area contributed by atoms with Gasteiger partial charge in [0, 0.05) is 18.5 Å². The number of aromatic nitrogens is 4. The van der Waals surface area contributed by atoms with Crippen molar-refractivity contribution in [1.82, 2.24) is 25.1 Å². The van der Waals surface area contributed by atoms with Crippen molar-refractivity contribution < 1.29 is 0 Å². The predicted molar refractivity (Wildman–Crippen MR) is 62.1 cm³/mol. The Morgan fingerprint density at radius 3 is 2.31 bits per heavy atom. The molecule has 0 atom stereocenters. The molecule has 0 unspecified atom stereocenters. The predicted octanol–water partition coefficient (Wildman–Crippen LogP) is 0.972. The van der Waals surface area contributed by atoms with Crippen molar-refractivity contribution in [3.8, 4) is 0 Å². The molecular formula is C11H21N5. The van der Waals surface area contributed by atoms with Crippen LogP contribution in [0.4, 0.5) is 0 Å². The highest BCUT2D eigenvalue weighted by Gasteiger charge is 2.36. The summed E-state index contributed by atoms with van der Waals surface area (Å²) in [5.41, 5.74) is 0.143. The number of tetrazole rings is 1. The largest absolute Gasteiger partial charge is 0.301 e. The molecule has 1 fully saturated rings. The third-order valence-electron chi connectivity index (χ3n) is 3.79. The molecule has 90 valence electrons. The second kappa shape index (κ2) is 4.13. The minimum Gasteiger partial charge on any atom is -0.301 e. The van der Waals surface area contributed by atoms with E-state index in [0.29, 0.717) is 6.04 Å². The molecule has 16 heavy (non-hydrogen) atoms. The topological polar surface area (TPSA) is 46.8 Å². The number of rotatable bonds is 2. The molecule has 2 heterocycles. The van der Waals surface area contributed by atoms with Gasteiger partial charge < -0.3 is 4.90 Å². The van der Waals surface area contributed by atoms with Crippen molar-refractivity contribution in [2.24, 2.45) is 7.05 Å². The van der Waals surface area contributed by atoms with Gasteiger partial charge in [0.05, 0.1) is 0 Å². The van der Waals surface area contributed by atoms with E-state index in [2.05, 4.69) is 41.2 Å². The fourth-order valence-electron chi connectivity index (χ4n) is 2.50. The average molecular weight is 223 g/mol. The summed E-state index contributed by atoms with van der Waals surface area (Å²) in [6, 6.07) is 0.641. The SMILES string of the molecule is CC(C)N1CCC(C)(c2nnnn2C)CC1. The number of piperidine rings is 1. The molecule has 0 N–H and O–H groups in total. The van der Waals surface area contributed by atoms with Gasteiger partial charge in [-0.3, -0.25) is 0 Å². The first kappa shape index (κ1) is 11.5. The van der Waals surface area contributed by atoms with Crippen LogP contribution >= 0.6 is 0 Å². The van der Waals surface area contributed by atoms with E-state index >= 15 is 0 Å². The Morgan fingerprint density at radius 2 is 1.88 bits per heavy atom. The maximum absolute atomic E-state index is 4.16. The molecule has 1 aromatic heterocycles. The highest BCUT2D eigenvalue weighted by Crippen LogP contribution is 2.33. The van der Waals surface area contributed by atoms with Gasteiger partial charge in [0.15, 0.2) is 5.82 Å². The van der Waals surface area contributed by atoms with Crippen molar-refractivity contribution in [1.29, 1.82) is 0 Å². The van der Waals surface area contributed by atoms with Crippen LogP contribution in [0.15, 0.2) is 0 Å². The first-order chi connectivity index (χ1) is 7.53. The lowest BCUT2D eigenvalue weighted by molar-refractivity contribution is 0.131. The summed E-state index contributed by atoms with van der Waals surface area (Å²) in [6.07, 6.45) is 2.28. The Morgan fingerprint density at radius 1 is 1.25 bits per heavy atom. The lowest BCUT2D eigenvalue weighted by atomic mass is 9.79. The standard InChI is InChI=1S/C11H21N5/c1-9(2)16-7-5-11(3,6-8-16)10-12-13-14-15(10)4/h9H,5-8H2,1-4H3. The lowest BCUT2D eigenvalue weighted by Crippen LogP contribution is -2.45. The van der Waals surface area contributed by atoms with Gasteiger partial charge in [-0.25, -0.2) is 4.68 Å². The molecule has 0 aliphatic carbocycles. The molecule has 0 bridgehead atoms. The molecular weight excluding hydrogens is 202 g/mol. The van der Waals surface area contributed by atoms with Gasteiger partial charge in [0.1, 0.15) is 0 Å². The van der Waals surface area contributed by atoms with Crippen LogP contribution in [0.2, 0.25) is 0 Å². The van der Waals surface area contributed by atoms with Crippen molar-refractivity contribution in [2.45, 2.75) is 45.1 Å². The number of likely N-dealkylation sites (tertiary alicyclic amines) is 1. The first-order valence-electron chi connectivity index (χ1n) is 6.00. The number of aryl methyl sites for hydroxylation is 1. The molecule has 1 aromatic rings. The zero-order valence-electron chi connectivity index (χ0n) is 10.6. The zero-order chi connectivity index (χ0) is 11.8. The summed E-state index contributed by atoms with van der Waals surface area (Å²) in [5, 5.41) is 11.8. The molecule has 2 rings (SSSR count). The normalized spacial score (nSPS) is 21.6. The van der Waals surface area contributed by atoms with Gasteiger partial charge in [-0.05, 0) is 50.2 Å². The van der Waals surface area contributed by atoms with Gasteiger partial charge in [-0.2, -0.15) is 0 Å². The van der Waals surface area contributed by atoms with Crippen LogP contribution in [0.1, 0.15) is 39.4 Å². The van der Waals surface area contributed by atoms with Gasteiger partial charge in [0.2, 0.25) is 0 Å². The first-order valence-corrected chi connectivity index (χ1v) is 6.00. The fraction of sp³-hybridized carbons (Fsp3) is 0.909. The molecule has 0 radical (unpaired) electrons. The van der Waals surface area contributed by atoms with Crippen LogP contribution in [0.5, 0.6) is 0 Å². The summed E-state index contributed by atoms with van der Waals surface area (Å²) in [5.74, 6) is 1.02. The Kier molecular flexibility index (Phi) is 2.97. The molecule has 0 spiro atoms. The van der Waals surface area contributed by atoms with Crippen LogP contribution in [-0.2, 0) is 12.5 Å². The summed E-state index contributed by atoms with van der Waals surface area (Å²) >= 11 is 0. The highest BCUT2D eigenvalue weighted by atomic mass is 15.5. The van der Waals surface area contributed by atoms with Crippen molar-refractivity contribution in [2.75, 3.05) is 13.1 Å². The van der Waals surface area contributed by atoms with Crippen molar-refractivity contribution >= 4 is 0 Å². The monoisotopic (exact) mass is 223 g/mol. The zero-order valence-corrected chi connectivity index (χ0v) is 10.6. The molecule has 1 saturated heterocycles. The van der Waals surface area contributed by atoms with E-state index in [0.717, 1.165) is 31.8 Å². The second-order valence-corrected chi connectivity index (χ2v) is 5.32. The Balaban J connectivity index is 2.10. The third-order valence-corrected chi connectivity index (χ3v) is 3.79. The Hall–Kier alpha value is -0.970. The van der Waals surface area contributed by atoms with Gasteiger partial charge in [-0.15, -0.1) is 5.10 Å². The van der Waals surface area contributed by atoms with E-state index in [-0.39, 0.29) is 5.41 Å².